The lowest BCUT2D eigenvalue weighted by Crippen LogP contribution is -2.45. The van der Waals surface area contributed by atoms with Gasteiger partial charge in [0, 0.05) is 6.54 Å². The average Bonchev–Trinajstić information content (AvgIpc) is 3.16. The molecule has 0 aromatic carbocycles. The predicted molar refractivity (Wildman–Crippen MR) is 84.1 cm³/mol. The first-order chi connectivity index (χ1) is 10.9. The number of nitrogens with zero attached hydrogens (tertiary/aromatic N) is 3. The summed E-state index contributed by atoms with van der Waals surface area (Å²) in [5.41, 5.74) is -0.559. The summed E-state index contributed by atoms with van der Waals surface area (Å²) in [5.74, 6) is 0.878. The van der Waals surface area contributed by atoms with Crippen LogP contribution < -0.4 is 0 Å². The van der Waals surface area contributed by atoms with E-state index >= 15 is 0 Å². The molecule has 1 atom stereocenters. The molecule has 0 saturated carbocycles. The van der Waals surface area contributed by atoms with E-state index in [1.54, 1.807) is 4.90 Å². The van der Waals surface area contributed by atoms with Crippen LogP contribution in [0.3, 0.4) is 0 Å². The molecular weight excluding hydrogens is 318 g/mol. The minimum absolute atomic E-state index is 0.311. The third-order valence-corrected chi connectivity index (χ3v) is 4.09. The summed E-state index contributed by atoms with van der Waals surface area (Å²) < 4.78 is 16.3. The van der Waals surface area contributed by atoms with Crippen molar-refractivity contribution in [1.82, 2.24) is 15.0 Å². The average molecular weight is 337 g/mol. The lowest BCUT2D eigenvalue weighted by molar-refractivity contribution is -0.0401. The molecule has 7 nitrogen and oxygen atoms in total. The Labute approximate surface area is 138 Å². The van der Waals surface area contributed by atoms with Gasteiger partial charge in [-0.1, -0.05) is 11.2 Å². The molecule has 3 heterocycles. The van der Waals surface area contributed by atoms with Crippen LogP contribution in [0.25, 0.3) is 10.7 Å². The van der Waals surface area contributed by atoms with Gasteiger partial charge in [-0.25, -0.2) is 4.79 Å². The van der Waals surface area contributed by atoms with E-state index in [0.717, 1.165) is 4.88 Å². The van der Waals surface area contributed by atoms with E-state index in [1.807, 2.05) is 38.3 Å². The summed E-state index contributed by atoms with van der Waals surface area (Å²) in [5, 5.41) is 5.94. The van der Waals surface area contributed by atoms with E-state index in [-0.39, 0.29) is 0 Å². The highest BCUT2D eigenvalue weighted by atomic mass is 32.1. The molecule has 1 unspecified atom stereocenters. The van der Waals surface area contributed by atoms with Crippen LogP contribution in [0.4, 0.5) is 4.79 Å². The van der Waals surface area contributed by atoms with Crippen molar-refractivity contribution in [1.29, 1.82) is 0 Å². The molecule has 2 aromatic heterocycles. The fraction of sp³-hybridized carbons (Fsp3) is 0.533. The van der Waals surface area contributed by atoms with E-state index in [0.29, 0.717) is 31.5 Å². The second-order valence-corrected chi connectivity index (χ2v) is 7.15. The number of hydrogen-bond donors (Lipinski definition) is 0. The van der Waals surface area contributed by atoms with Crippen LogP contribution >= 0.6 is 11.3 Å². The highest BCUT2D eigenvalue weighted by molar-refractivity contribution is 7.13. The number of rotatable bonds is 2. The molecule has 1 saturated heterocycles. The van der Waals surface area contributed by atoms with Crippen LogP contribution in [0.2, 0.25) is 0 Å². The number of carbonyl (C=O) groups excluding carboxylic acids is 1. The number of amides is 1. The maximum absolute atomic E-state index is 12.4. The van der Waals surface area contributed by atoms with Crippen LogP contribution in [0.5, 0.6) is 0 Å². The number of thiophene rings is 1. The van der Waals surface area contributed by atoms with Gasteiger partial charge in [0.05, 0.1) is 18.1 Å². The Balaban J connectivity index is 1.80. The van der Waals surface area contributed by atoms with Gasteiger partial charge in [-0.3, -0.25) is 4.90 Å². The Hall–Kier alpha value is -1.93. The van der Waals surface area contributed by atoms with E-state index in [9.17, 15) is 4.79 Å². The number of ether oxygens (including phenoxy) is 2. The molecule has 3 rings (SSSR count). The quantitative estimate of drug-likeness (QED) is 0.838. The third-order valence-electron chi connectivity index (χ3n) is 3.22. The van der Waals surface area contributed by atoms with Crippen molar-refractivity contribution >= 4 is 17.4 Å². The molecule has 0 aliphatic carbocycles. The largest absolute Gasteiger partial charge is 0.444 e. The smallest absolute Gasteiger partial charge is 0.411 e. The van der Waals surface area contributed by atoms with Crippen LogP contribution in [-0.2, 0) is 9.47 Å². The summed E-state index contributed by atoms with van der Waals surface area (Å²) >= 11 is 1.53. The van der Waals surface area contributed by atoms with Crippen molar-refractivity contribution in [3.8, 4) is 10.7 Å². The Morgan fingerprint density at radius 1 is 1.48 bits per heavy atom. The van der Waals surface area contributed by atoms with Crippen molar-refractivity contribution in [3.05, 3.63) is 23.4 Å². The summed E-state index contributed by atoms with van der Waals surface area (Å²) in [7, 11) is 0. The van der Waals surface area contributed by atoms with Gasteiger partial charge < -0.3 is 14.0 Å². The van der Waals surface area contributed by atoms with Crippen LogP contribution in [0.1, 0.15) is 32.7 Å². The minimum atomic E-state index is -0.559. The van der Waals surface area contributed by atoms with E-state index in [2.05, 4.69) is 10.1 Å². The van der Waals surface area contributed by atoms with Crippen molar-refractivity contribution in [2.24, 2.45) is 0 Å². The Kier molecular flexibility index (Phi) is 4.36. The Bertz CT molecular complexity index is 663. The maximum Gasteiger partial charge on any atom is 0.411 e. The van der Waals surface area contributed by atoms with Gasteiger partial charge in [-0.2, -0.15) is 4.98 Å². The van der Waals surface area contributed by atoms with Gasteiger partial charge in [0.25, 0.3) is 5.89 Å². The predicted octanol–water partition coefficient (Wildman–Crippen LogP) is 3.11. The highest BCUT2D eigenvalue weighted by Gasteiger charge is 2.35. The Morgan fingerprint density at radius 2 is 2.30 bits per heavy atom. The van der Waals surface area contributed by atoms with Crippen molar-refractivity contribution < 1.29 is 18.8 Å². The molecule has 1 fully saturated rings. The fourth-order valence-corrected chi connectivity index (χ4v) is 2.87. The number of hydrogen-bond acceptors (Lipinski definition) is 7. The highest BCUT2D eigenvalue weighted by Crippen LogP contribution is 2.28. The lowest BCUT2D eigenvalue weighted by atomic mass is 10.2. The molecule has 0 radical (unpaired) electrons. The second-order valence-electron chi connectivity index (χ2n) is 6.20. The topological polar surface area (TPSA) is 77.7 Å². The summed E-state index contributed by atoms with van der Waals surface area (Å²) in [4.78, 5) is 19.3. The third kappa shape index (κ3) is 3.70. The Morgan fingerprint density at radius 3 is 3.00 bits per heavy atom. The summed E-state index contributed by atoms with van der Waals surface area (Å²) in [6.45, 7) is 6.70. The molecule has 0 bridgehead atoms. The van der Waals surface area contributed by atoms with Crippen LogP contribution in [0, 0.1) is 0 Å². The number of morpholine rings is 1. The lowest BCUT2D eigenvalue weighted by Gasteiger charge is -2.34. The van der Waals surface area contributed by atoms with Crippen molar-refractivity contribution in [2.45, 2.75) is 32.4 Å². The minimum Gasteiger partial charge on any atom is -0.444 e. The zero-order valence-electron chi connectivity index (χ0n) is 13.3. The fourth-order valence-electron chi connectivity index (χ4n) is 2.22. The molecule has 2 aromatic rings. The van der Waals surface area contributed by atoms with Gasteiger partial charge in [-0.05, 0) is 32.2 Å². The molecule has 8 heteroatoms. The molecule has 124 valence electrons. The molecule has 0 N–H and O–H groups in total. The normalized spacial score (nSPS) is 18.9. The standard InChI is InChI=1S/C15H19N3O4S/c1-15(2,3)21-14(19)18-6-7-20-9-10(18)13-16-12(17-22-13)11-5-4-8-23-11/h4-5,8,10H,6-7,9H2,1-3H3. The van der Waals surface area contributed by atoms with Gasteiger partial charge in [0.1, 0.15) is 11.6 Å². The molecule has 1 aliphatic rings. The molecule has 1 aliphatic heterocycles. The second kappa shape index (κ2) is 6.29. The van der Waals surface area contributed by atoms with Gasteiger partial charge >= 0.3 is 6.09 Å². The molecular formula is C15H19N3O4S. The first-order valence-electron chi connectivity index (χ1n) is 7.39. The zero-order valence-corrected chi connectivity index (χ0v) is 14.1. The first kappa shape index (κ1) is 15.9. The monoisotopic (exact) mass is 337 g/mol. The van der Waals surface area contributed by atoms with Gasteiger partial charge in [-0.15, -0.1) is 11.3 Å². The SMILES string of the molecule is CC(C)(C)OC(=O)N1CCOCC1c1nc(-c2cccs2)no1. The summed E-state index contributed by atoms with van der Waals surface area (Å²) in [6, 6.07) is 3.41. The van der Waals surface area contributed by atoms with Gasteiger partial charge in [0.15, 0.2) is 0 Å². The maximum atomic E-state index is 12.4. The number of aromatic nitrogens is 2. The zero-order chi connectivity index (χ0) is 16.4. The van der Waals surface area contributed by atoms with E-state index in [4.69, 9.17) is 14.0 Å². The van der Waals surface area contributed by atoms with Crippen LogP contribution in [0.15, 0.2) is 22.0 Å². The van der Waals surface area contributed by atoms with Crippen LogP contribution in [-0.4, -0.2) is 46.5 Å². The van der Waals surface area contributed by atoms with Gasteiger partial charge in [0.2, 0.25) is 5.82 Å². The number of carbonyl (C=O) groups is 1. The van der Waals surface area contributed by atoms with Crippen molar-refractivity contribution in [3.63, 3.8) is 0 Å². The molecule has 23 heavy (non-hydrogen) atoms. The van der Waals surface area contributed by atoms with Crippen molar-refractivity contribution in [2.75, 3.05) is 19.8 Å². The van der Waals surface area contributed by atoms with E-state index in [1.165, 1.54) is 11.3 Å². The van der Waals surface area contributed by atoms with E-state index < -0.39 is 17.7 Å². The first-order valence-corrected chi connectivity index (χ1v) is 8.27. The molecule has 0 spiro atoms. The molecule has 1 amide bonds. The summed E-state index contributed by atoms with van der Waals surface area (Å²) in [6.07, 6.45) is -0.401.